The molecule has 0 saturated heterocycles. The van der Waals surface area contributed by atoms with Crippen molar-refractivity contribution in [1.29, 1.82) is 0 Å². The molecule has 0 bridgehead atoms. The lowest BCUT2D eigenvalue weighted by molar-refractivity contribution is 0.0955. The Balaban J connectivity index is 1.64. The number of anilines is 1. The lowest BCUT2D eigenvalue weighted by Crippen LogP contribution is -2.27. The van der Waals surface area contributed by atoms with Gasteiger partial charge in [-0.05, 0) is 53.9 Å². The third kappa shape index (κ3) is 6.87. The number of ether oxygens (including phenoxy) is 2. The average Bonchev–Trinajstić information content (AvgIpc) is 2.80. The zero-order valence-electron chi connectivity index (χ0n) is 18.3. The molecule has 0 heterocycles. The molecular formula is C24H25ClN2O5S. The maximum Gasteiger partial charge on any atom is 0.253 e. The van der Waals surface area contributed by atoms with Gasteiger partial charge in [0.25, 0.3) is 5.91 Å². The van der Waals surface area contributed by atoms with Gasteiger partial charge in [-0.2, -0.15) is 0 Å². The van der Waals surface area contributed by atoms with E-state index in [9.17, 15) is 13.2 Å². The monoisotopic (exact) mass is 488 g/mol. The Morgan fingerprint density at radius 1 is 0.909 bits per heavy atom. The third-order valence-electron chi connectivity index (χ3n) is 4.85. The highest BCUT2D eigenvalue weighted by Gasteiger charge is 2.17. The second-order valence-electron chi connectivity index (χ2n) is 7.23. The predicted octanol–water partition coefficient (Wildman–Crippen LogP) is 4.27. The van der Waals surface area contributed by atoms with Gasteiger partial charge in [-0.15, -0.1) is 0 Å². The minimum Gasteiger partial charge on any atom is -0.493 e. The molecule has 3 aromatic rings. The fraction of sp³-hybridized carbons (Fsp3) is 0.208. The van der Waals surface area contributed by atoms with Crippen LogP contribution in [0.2, 0.25) is 5.02 Å². The van der Waals surface area contributed by atoms with E-state index in [1.807, 2.05) is 12.1 Å². The molecule has 0 radical (unpaired) electrons. The summed E-state index contributed by atoms with van der Waals surface area (Å²) in [7, 11) is -0.601. The fourth-order valence-electron chi connectivity index (χ4n) is 3.23. The number of nitrogens with one attached hydrogen (secondary N) is 2. The van der Waals surface area contributed by atoms with Gasteiger partial charge in [-0.25, -0.2) is 8.42 Å². The first kappa shape index (κ1) is 24.4. The smallest absolute Gasteiger partial charge is 0.253 e. The molecule has 0 aliphatic heterocycles. The van der Waals surface area contributed by atoms with Crippen LogP contribution in [0.4, 0.5) is 5.69 Å². The Kier molecular flexibility index (Phi) is 8.19. The van der Waals surface area contributed by atoms with Crippen molar-refractivity contribution in [2.75, 3.05) is 25.5 Å². The first-order valence-corrected chi connectivity index (χ1v) is 12.2. The first-order valence-electron chi connectivity index (χ1n) is 10.1. The summed E-state index contributed by atoms with van der Waals surface area (Å²) < 4.78 is 38.3. The summed E-state index contributed by atoms with van der Waals surface area (Å²) in [6, 6.07) is 18.6. The van der Waals surface area contributed by atoms with E-state index >= 15 is 0 Å². The van der Waals surface area contributed by atoms with Crippen LogP contribution >= 0.6 is 11.6 Å². The number of para-hydroxylation sites is 1. The van der Waals surface area contributed by atoms with Gasteiger partial charge in [-0.3, -0.25) is 9.52 Å². The van der Waals surface area contributed by atoms with Crippen LogP contribution in [0.3, 0.4) is 0 Å². The molecule has 0 unspecified atom stereocenters. The Hall–Kier alpha value is -3.23. The number of rotatable bonds is 10. The van der Waals surface area contributed by atoms with Crippen molar-refractivity contribution < 1.29 is 22.7 Å². The van der Waals surface area contributed by atoms with Gasteiger partial charge in [0.2, 0.25) is 10.0 Å². The largest absolute Gasteiger partial charge is 0.493 e. The lowest BCUT2D eigenvalue weighted by atomic mass is 10.1. The summed E-state index contributed by atoms with van der Waals surface area (Å²) in [5.41, 5.74) is 2.01. The van der Waals surface area contributed by atoms with Crippen LogP contribution in [0.5, 0.6) is 11.5 Å². The van der Waals surface area contributed by atoms with Crippen molar-refractivity contribution >= 4 is 33.2 Å². The van der Waals surface area contributed by atoms with E-state index in [1.165, 1.54) is 0 Å². The van der Waals surface area contributed by atoms with Gasteiger partial charge in [0.05, 0.1) is 31.2 Å². The van der Waals surface area contributed by atoms with E-state index in [4.69, 9.17) is 21.1 Å². The van der Waals surface area contributed by atoms with Crippen LogP contribution in [0, 0.1) is 0 Å². The van der Waals surface area contributed by atoms with E-state index in [2.05, 4.69) is 10.0 Å². The number of benzene rings is 3. The summed E-state index contributed by atoms with van der Waals surface area (Å²) in [5, 5.41) is 3.36. The van der Waals surface area contributed by atoms with E-state index in [0.717, 1.165) is 5.56 Å². The van der Waals surface area contributed by atoms with Gasteiger partial charge in [-0.1, -0.05) is 41.9 Å². The molecule has 0 aromatic heterocycles. The van der Waals surface area contributed by atoms with E-state index in [1.54, 1.807) is 68.8 Å². The molecule has 3 aromatic carbocycles. The van der Waals surface area contributed by atoms with Gasteiger partial charge in [0, 0.05) is 11.6 Å². The minimum atomic E-state index is -3.73. The normalized spacial score (nSPS) is 11.0. The number of hydrogen-bond acceptors (Lipinski definition) is 5. The number of amides is 1. The quantitative estimate of drug-likeness (QED) is 0.444. The summed E-state index contributed by atoms with van der Waals surface area (Å²) in [6.45, 7) is 0.361. The van der Waals surface area contributed by atoms with Crippen LogP contribution in [0.1, 0.15) is 21.5 Å². The van der Waals surface area contributed by atoms with Crippen LogP contribution in [-0.4, -0.2) is 35.1 Å². The average molecular weight is 489 g/mol. The molecule has 0 aliphatic rings. The van der Waals surface area contributed by atoms with Crippen molar-refractivity contribution in [1.82, 2.24) is 5.32 Å². The van der Waals surface area contributed by atoms with E-state index in [0.29, 0.717) is 35.1 Å². The van der Waals surface area contributed by atoms with Crippen molar-refractivity contribution in [3.05, 3.63) is 88.4 Å². The molecule has 0 aliphatic carbocycles. The molecule has 0 fully saturated rings. The van der Waals surface area contributed by atoms with Gasteiger partial charge in [0.1, 0.15) is 0 Å². The summed E-state index contributed by atoms with van der Waals surface area (Å²) in [5.74, 6) is 0.631. The minimum absolute atomic E-state index is 0.218. The van der Waals surface area contributed by atoms with Crippen LogP contribution in [-0.2, 0) is 22.2 Å². The molecule has 0 spiro atoms. The zero-order chi connectivity index (χ0) is 23.8. The first-order chi connectivity index (χ1) is 15.8. The third-order valence-corrected chi connectivity index (χ3v) is 6.35. The van der Waals surface area contributed by atoms with Gasteiger partial charge in [0.15, 0.2) is 11.5 Å². The molecule has 7 nitrogen and oxygen atoms in total. The standard InChI is InChI=1S/C24H25ClN2O5S/c1-31-22-12-9-17(15-23(22)32-2)13-14-26-24(28)20-5-3-4-6-21(20)27-33(29,30)16-18-7-10-19(25)11-8-18/h3-12,15,27H,13-14,16H2,1-2H3,(H,26,28). The van der Waals surface area contributed by atoms with Crippen LogP contribution < -0.4 is 19.5 Å². The van der Waals surface area contributed by atoms with Gasteiger partial charge >= 0.3 is 0 Å². The van der Waals surface area contributed by atoms with Crippen molar-refractivity contribution in [3.63, 3.8) is 0 Å². The highest BCUT2D eigenvalue weighted by molar-refractivity contribution is 7.91. The Morgan fingerprint density at radius 3 is 2.27 bits per heavy atom. The maximum atomic E-state index is 12.8. The van der Waals surface area contributed by atoms with Crippen LogP contribution in [0.25, 0.3) is 0 Å². The molecular weight excluding hydrogens is 464 g/mol. The molecule has 33 heavy (non-hydrogen) atoms. The summed E-state index contributed by atoms with van der Waals surface area (Å²) >= 11 is 5.86. The molecule has 0 atom stereocenters. The molecule has 174 valence electrons. The fourth-order valence-corrected chi connectivity index (χ4v) is 4.57. The number of carbonyl (C=O) groups is 1. The Morgan fingerprint density at radius 2 is 1.58 bits per heavy atom. The van der Waals surface area contributed by atoms with Crippen molar-refractivity contribution in [2.45, 2.75) is 12.2 Å². The number of sulfonamides is 1. The van der Waals surface area contributed by atoms with Crippen molar-refractivity contribution in [2.24, 2.45) is 0 Å². The number of halogens is 1. The molecule has 3 rings (SSSR count). The second-order valence-corrected chi connectivity index (χ2v) is 9.39. The maximum absolute atomic E-state index is 12.8. The molecule has 2 N–H and O–H groups in total. The second kappa shape index (κ2) is 11.1. The highest BCUT2D eigenvalue weighted by atomic mass is 35.5. The SMILES string of the molecule is COc1ccc(CCNC(=O)c2ccccc2NS(=O)(=O)Cc2ccc(Cl)cc2)cc1OC. The van der Waals surface area contributed by atoms with E-state index < -0.39 is 10.0 Å². The predicted molar refractivity (Wildman–Crippen MR) is 130 cm³/mol. The van der Waals surface area contributed by atoms with Gasteiger partial charge < -0.3 is 14.8 Å². The number of methoxy groups -OCH3 is 2. The Labute approximate surface area is 198 Å². The zero-order valence-corrected chi connectivity index (χ0v) is 19.9. The lowest BCUT2D eigenvalue weighted by Gasteiger charge is -2.13. The topological polar surface area (TPSA) is 93.7 Å². The molecule has 1 amide bonds. The Bertz CT molecular complexity index is 1210. The number of carbonyl (C=O) groups excluding carboxylic acids is 1. The number of hydrogen-bond donors (Lipinski definition) is 2. The van der Waals surface area contributed by atoms with Crippen molar-refractivity contribution in [3.8, 4) is 11.5 Å². The van der Waals surface area contributed by atoms with Crippen LogP contribution in [0.15, 0.2) is 66.7 Å². The molecule has 9 heteroatoms. The summed E-state index contributed by atoms with van der Waals surface area (Å²) in [4.78, 5) is 12.8. The summed E-state index contributed by atoms with van der Waals surface area (Å²) in [6.07, 6.45) is 0.566. The van der Waals surface area contributed by atoms with E-state index in [-0.39, 0.29) is 22.9 Å². The highest BCUT2D eigenvalue weighted by Crippen LogP contribution is 2.27. The molecule has 0 saturated carbocycles.